The largest absolute Gasteiger partial charge is 0.480 e. The minimum atomic E-state index is -4.44. The van der Waals surface area contributed by atoms with Gasteiger partial charge in [0.25, 0.3) is 15.9 Å². The van der Waals surface area contributed by atoms with E-state index in [-0.39, 0.29) is 17.5 Å². The number of ether oxygens (including phenoxy) is 2. The molecule has 0 bridgehead atoms. The summed E-state index contributed by atoms with van der Waals surface area (Å²) in [5, 5.41) is 2.93. The van der Waals surface area contributed by atoms with Crippen LogP contribution < -0.4 is 14.8 Å². The number of nitrogens with one attached hydrogen (secondary N) is 2. The third-order valence-electron chi connectivity index (χ3n) is 6.58. The van der Waals surface area contributed by atoms with E-state index in [0.29, 0.717) is 35.1 Å². The molecule has 2 N–H and O–H groups in total. The van der Waals surface area contributed by atoms with Gasteiger partial charge in [-0.3, -0.25) is 18.8 Å². The fourth-order valence-corrected chi connectivity index (χ4v) is 5.59. The second kappa shape index (κ2) is 12.2. The van der Waals surface area contributed by atoms with Crippen molar-refractivity contribution in [2.45, 2.75) is 11.3 Å². The molecule has 11 nitrogen and oxygen atoms in total. The van der Waals surface area contributed by atoms with Crippen LogP contribution in [0.3, 0.4) is 0 Å². The van der Waals surface area contributed by atoms with Crippen molar-refractivity contribution in [2.75, 3.05) is 51.2 Å². The monoisotopic (exact) mass is 586 g/mol. The molecule has 5 rings (SSSR count). The zero-order chi connectivity index (χ0) is 29.0. The molecule has 41 heavy (non-hydrogen) atoms. The molecule has 0 spiro atoms. The van der Waals surface area contributed by atoms with Crippen LogP contribution in [0.5, 0.6) is 5.88 Å². The predicted octanol–water partition coefficient (Wildman–Crippen LogP) is 2.94. The number of halogens is 2. The number of pyridine rings is 2. The van der Waals surface area contributed by atoms with Crippen molar-refractivity contribution in [3.8, 4) is 17.0 Å². The van der Waals surface area contributed by atoms with Crippen LogP contribution in [0.2, 0.25) is 0 Å². The highest BCUT2D eigenvalue weighted by Crippen LogP contribution is 2.31. The van der Waals surface area contributed by atoms with Crippen LogP contribution in [0.25, 0.3) is 16.8 Å². The van der Waals surface area contributed by atoms with Crippen LogP contribution in [-0.4, -0.2) is 80.1 Å². The van der Waals surface area contributed by atoms with E-state index < -0.39 is 26.6 Å². The molecule has 4 aromatic rings. The van der Waals surface area contributed by atoms with Gasteiger partial charge in [-0.05, 0) is 43.3 Å². The summed E-state index contributed by atoms with van der Waals surface area (Å²) in [5.41, 5.74) is 1.90. The number of carbonyl (C=O) groups excluding carboxylic acids is 1. The number of nitrogens with zero attached hydrogens (tertiary/aromatic N) is 4. The molecule has 0 aliphatic carbocycles. The Bertz CT molecular complexity index is 1670. The fourth-order valence-electron chi connectivity index (χ4n) is 4.48. The number of sulfonamides is 1. The van der Waals surface area contributed by atoms with E-state index >= 15 is 0 Å². The molecular formula is C27H28F2N6O5S. The summed E-state index contributed by atoms with van der Waals surface area (Å²) in [5.74, 6) is -2.48. The van der Waals surface area contributed by atoms with Gasteiger partial charge >= 0.3 is 0 Å². The Morgan fingerprint density at radius 2 is 1.88 bits per heavy atom. The van der Waals surface area contributed by atoms with Gasteiger partial charge in [-0.2, -0.15) is 0 Å². The number of aromatic nitrogens is 3. The predicted molar refractivity (Wildman–Crippen MR) is 146 cm³/mol. The van der Waals surface area contributed by atoms with Crippen molar-refractivity contribution < 1.29 is 31.5 Å². The highest BCUT2D eigenvalue weighted by molar-refractivity contribution is 7.92. The first-order chi connectivity index (χ1) is 19.7. The van der Waals surface area contributed by atoms with Crippen LogP contribution in [0, 0.1) is 11.6 Å². The van der Waals surface area contributed by atoms with Gasteiger partial charge in [0.05, 0.1) is 26.5 Å². The van der Waals surface area contributed by atoms with Crippen molar-refractivity contribution in [3.05, 3.63) is 72.3 Å². The fraction of sp³-hybridized carbons (Fsp3) is 0.296. The molecule has 0 unspecified atom stereocenters. The molecule has 1 saturated heterocycles. The van der Waals surface area contributed by atoms with E-state index in [9.17, 15) is 22.0 Å². The van der Waals surface area contributed by atoms with Gasteiger partial charge in [0.2, 0.25) is 5.88 Å². The number of benzene rings is 1. The Kier molecular flexibility index (Phi) is 8.42. The smallest absolute Gasteiger partial charge is 0.269 e. The first-order valence-corrected chi connectivity index (χ1v) is 14.3. The maximum atomic E-state index is 14.2. The van der Waals surface area contributed by atoms with Gasteiger partial charge < -0.3 is 14.8 Å². The quantitative estimate of drug-likeness (QED) is 0.272. The number of morpholine rings is 1. The maximum absolute atomic E-state index is 14.2. The van der Waals surface area contributed by atoms with Crippen molar-refractivity contribution in [3.63, 3.8) is 0 Å². The number of anilines is 1. The molecule has 1 aromatic carbocycles. The van der Waals surface area contributed by atoms with Crippen molar-refractivity contribution in [1.29, 1.82) is 0 Å². The number of hydrogen-bond acceptors (Lipinski definition) is 8. The zero-order valence-corrected chi connectivity index (χ0v) is 23.0. The molecule has 4 heterocycles. The lowest BCUT2D eigenvalue weighted by atomic mass is 10.1. The standard InChI is InChI=1S/C27H28F2N6O5S/c1-39-27-22(33-41(37,38)24-5-4-20(28)14-21(24)29)13-19(15-32-27)18-3-6-25-31-16-23(35(25)17-18)26(36)30-7-2-8-34-9-11-40-12-10-34/h3-6,13-17,33H,2,7-12H2,1H3,(H,30,36). The lowest BCUT2D eigenvalue weighted by Gasteiger charge is -2.26. The van der Waals surface area contributed by atoms with Crippen LogP contribution in [-0.2, 0) is 14.8 Å². The zero-order valence-electron chi connectivity index (χ0n) is 22.1. The van der Waals surface area contributed by atoms with E-state index in [4.69, 9.17) is 9.47 Å². The highest BCUT2D eigenvalue weighted by Gasteiger charge is 2.22. The van der Waals surface area contributed by atoms with Gasteiger partial charge in [0.1, 0.15) is 33.6 Å². The van der Waals surface area contributed by atoms with Crippen molar-refractivity contribution in [1.82, 2.24) is 24.6 Å². The molecule has 3 aromatic heterocycles. The number of imidazole rings is 1. The molecule has 1 amide bonds. The van der Waals surface area contributed by atoms with Crippen LogP contribution in [0.15, 0.2) is 59.9 Å². The summed E-state index contributed by atoms with van der Waals surface area (Å²) in [6.45, 7) is 4.59. The maximum Gasteiger partial charge on any atom is 0.269 e. The Morgan fingerprint density at radius 1 is 1.07 bits per heavy atom. The Hall–Kier alpha value is -4.14. The summed E-state index contributed by atoms with van der Waals surface area (Å²) in [7, 11) is -3.14. The third kappa shape index (κ3) is 6.45. The lowest BCUT2D eigenvalue weighted by molar-refractivity contribution is 0.0374. The number of hydrogen-bond donors (Lipinski definition) is 2. The second-order valence-electron chi connectivity index (χ2n) is 9.31. The van der Waals surface area contributed by atoms with Gasteiger partial charge in [-0.1, -0.05) is 0 Å². The van der Waals surface area contributed by atoms with E-state index in [0.717, 1.165) is 51.4 Å². The highest BCUT2D eigenvalue weighted by atomic mass is 32.2. The van der Waals surface area contributed by atoms with E-state index in [1.807, 2.05) is 0 Å². The number of rotatable bonds is 10. The molecule has 0 saturated carbocycles. The molecule has 14 heteroatoms. The van der Waals surface area contributed by atoms with Gasteiger partial charge in [0.15, 0.2) is 0 Å². The van der Waals surface area contributed by atoms with E-state index in [1.165, 1.54) is 25.6 Å². The summed E-state index contributed by atoms with van der Waals surface area (Å²) in [6, 6.07) is 7.09. The summed E-state index contributed by atoms with van der Waals surface area (Å²) < 4.78 is 67.8. The average molecular weight is 587 g/mol. The van der Waals surface area contributed by atoms with Crippen molar-refractivity contribution in [2.24, 2.45) is 0 Å². The van der Waals surface area contributed by atoms with Crippen LogP contribution in [0.1, 0.15) is 16.9 Å². The molecule has 0 atom stereocenters. The first-order valence-electron chi connectivity index (χ1n) is 12.8. The van der Waals surface area contributed by atoms with Gasteiger partial charge in [-0.25, -0.2) is 27.2 Å². The second-order valence-corrected chi connectivity index (χ2v) is 11.0. The normalized spacial score (nSPS) is 14.2. The SMILES string of the molecule is COc1ncc(-c2ccc3ncc(C(=O)NCCCN4CCOCC4)n3c2)cc1NS(=O)(=O)c1ccc(F)cc1F. The third-order valence-corrected chi connectivity index (χ3v) is 7.98. The van der Waals surface area contributed by atoms with Crippen LogP contribution >= 0.6 is 0 Å². The van der Waals surface area contributed by atoms with E-state index in [1.54, 1.807) is 22.7 Å². The Balaban J connectivity index is 1.35. The Morgan fingerprint density at radius 3 is 2.63 bits per heavy atom. The van der Waals surface area contributed by atoms with Crippen molar-refractivity contribution >= 4 is 27.3 Å². The molecule has 216 valence electrons. The molecule has 1 aliphatic rings. The number of carbonyl (C=O) groups is 1. The molecule has 1 aliphatic heterocycles. The van der Waals surface area contributed by atoms with E-state index in [2.05, 4.69) is 24.9 Å². The van der Waals surface area contributed by atoms with Crippen LogP contribution in [0.4, 0.5) is 14.5 Å². The summed E-state index contributed by atoms with van der Waals surface area (Å²) in [6.07, 6.45) is 5.44. The number of amides is 1. The number of fused-ring (bicyclic) bond motifs is 1. The average Bonchev–Trinajstić information content (AvgIpc) is 3.39. The lowest BCUT2D eigenvalue weighted by Crippen LogP contribution is -2.38. The summed E-state index contributed by atoms with van der Waals surface area (Å²) >= 11 is 0. The topological polar surface area (TPSA) is 127 Å². The van der Waals surface area contributed by atoms with Gasteiger partial charge in [0, 0.05) is 49.2 Å². The van der Waals surface area contributed by atoms with Gasteiger partial charge in [-0.15, -0.1) is 0 Å². The molecular weight excluding hydrogens is 558 g/mol. The Labute approximate surface area is 235 Å². The summed E-state index contributed by atoms with van der Waals surface area (Å²) in [4.78, 5) is 23.0. The minimum Gasteiger partial charge on any atom is -0.480 e. The molecule has 0 radical (unpaired) electrons. The first kappa shape index (κ1) is 28.4. The number of methoxy groups -OCH3 is 1. The minimum absolute atomic E-state index is 0.0549. The molecule has 1 fully saturated rings.